The molecule has 0 amide bonds. The van der Waals surface area contributed by atoms with Crippen molar-refractivity contribution < 1.29 is 10.2 Å². The van der Waals surface area contributed by atoms with Gasteiger partial charge in [-0.3, -0.25) is 0 Å². The Morgan fingerprint density at radius 2 is 2.17 bits per heavy atom. The van der Waals surface area contributed by atoms with Crippen LogP contribution in [0.5, 0.6) is 0 Å². The highest BCUT2D eigenvalue weighted by Gasteiger charge is 2.21. The first-order valence-corrected chi connectivity index (χ1v) is 6.71. The zero-order valence-corrected chi connectivity index (χ0v) is 10.6. The molecule has 2 rings (SSSR count). The minimum absolute atomic E-state index is 0.0670. The fourth-order valence-corrected chi connectivity index (χ4v) is 2.39. The minimum Gasteiger partial charge on any atom is -0.394 e. The number of hydrogen-bond donors (Lipinski definition) is 3. The Bertz CT molecular complexity index is 356. The van der Waals surface area contributed by atoms with E-state index in [0.29, 0.717) is 13.1 Å². The maximum atomic E-state index is 9.98. The van der Waals surface area contributed by atoms with Gasteiger partial charge in [0.1, 0.15) is 0 Å². The molecule has 1 saturated carbocycles. The molecule has 18 heavy (non-hydrogen) atoms. The van der Waals surface area contributed by atoms with Crippen molar-refractivity contribution in [2.24, 2.45) is 0 Å². The van der Waals surface area contributed by atoms with Gasteiger partial charge in [-0.05, 0) is 12.8 Å². The third-order valence-electron chi connectivity index (χ3n) is 3.44. The summed E-state index contributed by atoms with van der Waals surface area (Å²) in [4.78, 5) is 0. The third-order valence-corrected chi connectivity index (χ3v) is 3.44. The Kier molecular flexibility index (Phi) is 5.10. The highest BCUT2D eigenvalue weighted by atomic mass is 16.3. The Balaban J connectivity index is 1.81. The van der Waals surface area contributed by atoms with Crippen LogP contribution in [0.2, 0.25) is 0 Å². The van der Waals surface area contributed by atoms with Gasteiger partial charge < -0.3 is 15.5 Å². The molecule has 0 bridgehead atoms. The summed E-state index contributed by atoms with van der Waals surface area (Å²) >= 11 is 0. The Morgan fingerprint density at radius 1 is 1.33 bits per heavy atom. The quantitative estimate of drug-likeness (QED) is 0.647. The van der Waals surface area contributed by atoms with Crippen LogP contribution in [0.1, 0.15) is 37.8 Å². The molecule has 102 valence electrons. The standard InChI is InChI=1S/C12H22N4O2/c17-7-6-16-9-10(14-15-16)8-13-11-4-2-1-3-5-12(11)18/h9,11-13,17-18H,1-8H2. The van der Waals surface area contributed by atoms with Crippen LogP contribution in [0.15, 0.2) is 6.20 Å². The highest BCUT2D eigenvalue weighted by molar-refractivity contribution is 4.93. The monoisotopic (exact) mass is 254 g/mol. The van der Waals surface area contributed by atoms with Crippen molar-refractivity contribution in [3.63, 3.8) is 0 Å². The van der Waals surface area contributed by atoms with Crippen molar-refractivity contribution in [2.75, 3.05) is 6.61 Å². The number of hydrogen-bond acceptors (Lipinski definition) is 5. The predicted octanol–water partition coefficient (Wildman–Crippen LogP) is 0.0536. The van der Waals surface area contributed by atoms with E-state index in [9.17, 15) is 5.11 Å². The van der Waals surface area contributed by atoms with Gasteiger partial charge in [0.25, 0.3) is 0 Å². The zero-order valence-electron chi connectivity index (χ0n) is 10.6. The Labute approximate surface area is 107 Å². The molecule has 2 unspecified atom stereocenters. The average molecular weight is 254 g/mol. The topological polar surface area (TPSA) is 83.2 Å². The van der Waals surface area contributed by atoms with E-state index < -0.39 is 0 Å². The van der Waals surface area contributed by atoms with Crippen LogP contribution in [-0.2, 0) is 13.1 Å². The number of rotatable bonds is 5. The van der Waals surface area contributed by atoms with Gasteiger partial charge in [0, 0.05) is 18.8 Å². The van der Waals surface area contributed by atoms with Crippen molar-refractivity contribution in [3.8, 4) is 0 Å². The predicted molar refractivity (Wildman–Crippen MR) is 66.8 cm³/mol. The van der Waals surface area contributed by atoms with Crippen LogP contribution in [-0.4, -0.2) is 44.0 Å². The second kappa shape index (κ2) is 6.82. The van der Waals surface area contributed by atoms with Crippen molar-refractivity contribution in [3.05, 3.63) is 11.9 Å². The van der Waals surface area contributed by atoms with Gasteiger partial charge in [-0.1, -0.05) is 24.5 Å². The van der Waals surface area contributed by atoms with E-state index in [4.69, 9.17) is 5.11 Å². The first-order valence-electron chi connectivity index (χ1n) is 6.71. The van der Waals surface area contributed by atoms with E-state index in [1.165, 1.54) is 12.8 Å². The van der Waals surface area contributed by atoms with E-state index in [2.05, 4.69) is 15.6 Å². The summed E-state index contributed by atoms with van der Waals surface area (Å²) in [5.74, 6) is 0. The van der Waals surface area contributed by atoms with Gasteiger partial charge in [-0.25, -0.2) is 4.68 Å². The summed E-state index contributed by atoms with van der Waals surface area (Å²) in [7, 11) is 0. The Morgan fingerprint density at radius 3 is 3.00 bits per heavy atom. The Hall–Kier alpha value is -0.980. The fraction of sp³-hybridized carbons (Fsp3) is 0.833. The van der Waals surface area contributed by atoms with E-state index in [-0.39, 0.29) is 18.8 Å². The average Bonchev–Trinajstić information content (AvgIpc) is 2.70. The lowest BCUT2D eigenvalue weighted by Gasteiger charge is -2.21. The second-order valence-electron chi connectivity index (χ2n) is 4.89. The molecular weight excluding hydrogens is 232 g/mol. The SMILES string of the molecule is OCCn1cc(CNC2CCCCCC2O)nn1. The third kappa shape index (κ3) is 3.76. The van der Waals surface area contributed by atoms with E-state index >= 15 is 0 Å². The molecule has 2 atom stereocenters. The van der Waals surface area contributed by atoms with E-state index in [1.807, 2.05) is 6.20 Å². The molecule has 0 aliphatic heterocycles. The van der Waals surface area contributed by atoms with Crippen LogP contribution < -0.4 is 5.32 Å². The molecule has 0 spiro atoms. The smallest absolute Gasteiger partial charge is 0.0964 e. The summed E-state index contributed by atoms with van der Waals surface area (Å²) in [6.45, 7) is 1.16. The number of aliphatic hydroxyl groups is 2. The lowest BCUT2D eigenvalue weighted by molar-refractivity contribution is 0.119. The largest absolute Gasteiger partial charge is 0.394 e. The zero-order chi connectivity index (χ0) is 12.8. The molecule has 1 aliphatic carbocycles. The van der Waals surface area contributed by atoms with Crippen LogP contribution in [0.25, 0.3) is 0 Å². The summed E-state index contributed by atoms with van der Waals surface area (Å²) < 4.78 is 1.63. The maximum Gasteiger partial charge on any atom is 0.0964 e. The van der Waals surface area contributed by atoms with Crippen molar-refractivity contribution in [1.29, 1.82) is 0 Å². The first-order chi connectivity index (χ1) is 8.79. The second-order valence-corrected chi connectivity index (χ2v) is 4.89. The number of aromatic nitrogens is 3. The molecule has 1 heterocycles. The summed E-state index contributed by atoms with van der Waals surface area (Å²) in [6, 6.07) is 0.162. The molecule has 0 aromatic carbocycles. The molecule has 6 heteroatoms. The van der Waals surface area contributed by atoms with Crippen LogP contribution in [0, 0.1) is 0 Å². The lowest BCUT2D eigenvalue weighted by atomic mass is 10.1. The lowest BCUT2D eigenvalue weighted by Crippen LogP contribution is -2.38. The van der Waals surface area contributed by atoms with Gasteiger partial charge in [0.15, 0.2) is 0 Å². The number of nitrogens with one attached hydrogen (secondary N) is 1. The highest BCUT2D eigenvalue weighted by Crippen LogP contribution is 2.18. The minimum atomic E-state index is -0.250. The summed E-state index contributed by atoms with van der Waals surface area (Å²) in [5.41, 5.74) is 0.847. The molecule has 0 radical (unpaired) electrons. The van der Waals surface area contributed by atoms with E-state index in [1.54, 1.807) is 4.68 Å². The molecule has 1 aliphatic rings. The maximum absolute atomic E-state index is 9.98. The number of aliphatic hydroxyl groups excluding tert-OH is 2. The normalized spacial score (nSPS) is 25.0. The first kappa shape index (κ1) is 13.5. The van der Waals surface area contributed by atoms with Gasteiger partial charge in [0.2, 0.25) is 0 Å². The summed E-state index contributed by atoms with van der Waals surface area (Å²) in [5, 5.41) is 30.1. The van der Waals surface area contributed by atoms with Crippen molar-refractivity contribution >= 4 is 0 Å². The van der Waals surface area contributed by atoms with Crippen molar-refractivity contribution in [2.45, 2.75) is 57.3 Å². The molecule has 1 aromatic heterocycles. The van der Waals surface area contributed by atoms with Crippen LogP contribution in [0.3, 0.4) is 0 Å². The molecule has 0 saturated heterocycles. The van der Waals surface area contributed by atoms with Gasteiger partial charge in [-0.15, -0.1) is 5.10 Å². The molecule has 1 aromatic rings. The number of nitrogens with zero attached hydrogens (tertiary/aromatic N) is 3. The molecular formula is C12H22N4O2. The van der Waals surface area contributed by atoms with Crippen molar-refractivity contribution in [1.82, 2.24) is 20.3 Å². The van der Waals surface area contributed by atoms with Gasteiger partial charge in [-0.2, -0.15) is 0 Å². The summed E-state index contributed by atoms with van der Waals surface area (Å²) in [6.07, 6.45) is 6.98. The van der Waals surface area contributed by atoms with Gasteiger partial charge >= 0.3 is 0 Å². The van der Waals surface area contributed by atoms with E-state index in [0.717, 1.165) is 25.0 Å². The fourth-order valence-electron chi connectivity index (χ4n) is 2.39. The molecule has 3 N–H and O–H groups in total. The van der Waals surface area contributed by atoms with Gasteiger partial charge in [0.05, 0.1) is 24.9 Å². The molecule has 6 nitrogen and oxygen atoms in total. The van der Waals surface area contributed by atoms with Crippen LogP contribution >= 0.6 is 0 Å². The van der Waals surface area contributed by atoms with Crippen LogP contribution in [0.4, 0.5) is 0 Å². The molecule has 1 fully saturated rings.